The molecule has 194 valence electrons. The number of hydrogen-bond acceptors (Lipinski definition) is 7. The second-order valence-corrected chi connectivity index (χ2v) is 8.83. The third kappa shape index (κ3) is 7.42. The summed E-state index contributed by atoms with van der Waals surface area (Å²) in [5.41, 5.74) is 6.14. The van der Waals surface area contributed by atoms with Gasteiger partial charge in [-0.25, -0.2) is 19.4 Å². The Morgan fingerprint density at radius 2 is 1.78 bits per heavy atom. The van der Waals surface area contributed by atoms with Gasteiger partial charge in [0, 0.05) is 25.9 Å². The molecule has 1 heterocycles. The highest BCUT2D eigenvalue weighted by Crippen LogP contribution is 2.25. The summed E-state index contributed by atoms with van der Waals surface area (Å²) in [6, 6.07) is 12.3. The van der Waals surface area contributed by atoms with Gasteiger partial charge >= 0.3 is 12.1 Å². The van der Waals surface area contributed by atoms with E-state index in [-0.39, 0.29) is 35.8 Å². The first-order valence-corrected chi connectivity index (χ1v) is 11.8. The molecule has 2 aromatic carbocycles. The molecule has 1 fully saturated rings. The molecule has 2 amide bonds. The van der Waals surface area contributed by atoms with Crippen LogP contribution in [-0.4, -0.2) is 55.2 Å². The number of carbonyl (C=O) groups is 3. The van der Waals surface area contributed by atoms with Crippen molar-refractivity contribution in [3.63, 3.8) is 0 Å². The number of piperidine rings is 1. The van der Waals surface area contributed by atoms with E-state index in [1.54, 1.807) is 4.90 Å². The molecule has 9 nitrogen and oxygen atoms in total. The van der Waals surface area contributed by atoms with Crippen LogP contribution in [-0.2, 0) is 20.9 Å². The maximum Gasteiger partial charge on any atom is 0.421 e. The fraction of sp³-hybridized carbons (Fsp3) is 0.423. The number of likely N-dealkylation sites (tertiary alicyclic amines) is 1. The molecule has 1 atom stereocenters. The Morgan fingerprint density at radius 3 is 2.42 bits per heavy atom. The molecular weight excluding hydrogens is 469 g/mol. The minimum Gasteiger partial charge on any atom is -0.489 e. The fourth-order valence-electron chi connectivity index (χ4n) is 3.85. The van der Waals surface area contributed by atoms with E-state index in [9.17, 15) is 18.8 Å². The van der Waals surface area contributed by atoms with Crippen LogP contribution in [0.5, 0.6) is 5.75 Å². The number of amides is 2. The van der Waals surface area contributed by atoms with Crippen molar-refractivity contribution in [2.24, 2.45) is 5.92 Å². The molecular formula is C26H32FN3O6. The van der Waals surface area contributed by atoms with Gasteiger partial charge in [-0.05, 0) is 29.7 Å². The molecule has 0 aromatic heterocycles. The average molecular weight is 502 g/mol. The lowest BCUT2D eigenvalue weighted by Crippen LogP contribution is -2.56. The van der Waals surface area contributed by atoms with Crippen LogP contribution in [0.1, 0.15) is 42.6 Å². The van der Waals surface area contributed by atoms with Crippen LogP contribution in [0.2, 0.25) is 0 Å². The van der Waals surface area contributed by atoms with Gasteiger partial charge in [0.15, 0.2) is 0 Å². The molecule has 1 aliphatic heterocycles. The molecule has 0 radical (unpaired) electrons. The Morgan fingerprint density at radius 1 is 1.08 bits per heavy atom. The fourth-order valence-corrected chi connectivity index (χ4v) is 3.85. The maximum atomic E-state index is 13.6. The van der Waals surface area contributed by atoms with E-state index in [2.05, 4.69) is 10.9 Å². The maximum absolute atomic E-state index is 13.6. The summed E-state index contributed by atoms with van der Waals surface area (Å²) >= 11 is 0. The van der Waals surface area contributed by atoms with Gasteiger partial charge in [0.25, 0.3) is 0 Å². The quantitative estimate of drug-likeness (QED) is 0.401. The molecule has 1 aliphatic rings. The number of carbonyl (C=O) groups excluding carboxylic acids is 3. The van der Waals surface area contributed by atoms with Crippen LogP contribution in [0.4, 0.5) is 9.18 Å². The third-order valence-electron chi connectivity index (χ3n) is 5.87. The highest BCUT2D eigenvalue weighted by Gasteiger charge is 2.31. The zero-order valence-corrected chi connectivity index (χ0v) is 20.7. The Kier molecular flexibility index (Phi) is 9.63. The largest absolute Gasteiger partial charge is 0.489 e. The molecule has 0 saturated carbocycles. The second kappa shape index (κ2) is 12.9. The van der Waals surface area contributed by atoms with E-state index in [0.717, 1.165) is 11.6 Å². The molecule has 0 unspecified atom stereocenters. The number of benzene rings is 2. The second-order valence-electron chi connectivity index (χ2n) is 8.83. The van der Waals surface area contributed by atoms with Crippen LogP contribution in [0.25, 0.3) is 0 Å². The smallest absolute Gasteiger partial charge is 0.421 e. The first-order valence-electron chi connectivity index (χ1n) is 11.8. The van der Waals surface area contributed by atoms with E-state index in [1.807, 2.05) is 44.2 Å². The summed E-state index contributed by atoms with van der Waals surface area (Å²) in [5.74, 6) is -1.25. The first-order chi connectivity index (χ1) is 17.3. The van der Waals surface area contributed by atoms with Gasteiger partial charge in [-0.3, -0.25) is 10.2 Å². The average Bonchev–Trinajstić information content (AvgIpc) is 2.88. The van der Waals surface area contributed by atoms with Crippen LogP contribution in [0, 0.1) is 11.7 Å². The lowest BCUT2D eigenvalue weighted by atomic mass is 10.0. The van der Waals surface area contributed by atoms with E-state index in [4.69, 9.17) is 14.2 Å². The molecule has 36 heavy (non-hydrogen) atoms. The molecule has 2 N–H and O–H groups in total. The summed E-state index contributed by atoms with van der Waals surface area (Å²) in [5, 5.41) is 0. The van der Waals surface area contributed by atoms with Crippen molar-refractivity contribution in [3.05, 3.63) is 65.5 Å². The number of nitrogens with one attached hydrogen (secondary N) is 2. The number of rotatable bonds is 9. The van der Waals surface area contributed by atoms with Gasteiger partial charge in [-0.1, -0.05) is 44.2 Å². The summed E-state index contributed by atoms with van der Waals surface area (Å²) in [7, 11) is 1.22. The van der Waals surface area contributed by atoms with Gasteiger partial charge in [0.2, 0.25) is 5.91 Å². The number of hydrazine groups is 1. The molecule has 0 aliphatic carbocycles. The molecule has 1 saturated heterocycles. The van der Waals surface area contributed by atoms with Gasteiger partial charge < -0.3 is 19.1 Å². The van der Waals surface area contributed by atoms with E-state index in [1.165, 1.54) is 19.2 Å². The van der Waals surface area contributed by atoms with Gasteiger partial charge in [0.1, 0.15) is 35.9 Å². The molecule has 0 spiro atoms. The van der Waals surface area contributed by atoms with Crippen molar-refractivity contribution in [2.75, 3.05) is 20.2 Å². The standard InChI is InChI=1S/C26H32FN3O6/c1-17(2)23(28-29-26(33)35-16-18-7-5-4-6-8-18)24(31)30-13-11-20(12-14-30)36-22-10-9-19(27)15-21(22)25(32)34-3/h4-10,15,17,20,23,28H,11-14,16H2,1-3H3,(H,29,33)/t23-/m0/s1. The Bertz CT molecular complexity index is 1040. The van der Waals surface area contributed by atoms with E-state index >= 15 is 0 Å². The summed E-state index contributed by atoms with van der Waals surface area (Å²) in [6.45, 7) is 4.74. The van der Waals surface area contributed by atoms with E-state index < -0.39 is 23.9 Å². The molecule has 3 rings (SSSR count). The van der Waals surface area contributed by atoms with Gasteiger partial charge in [-0.15, -0.1) is 0 Å². The Balaban J connectivity index is 1.50. The van der Waals surface area contributed by atoms with Crippen LogP contribution < -0.4 is 15.6 Å². The molecule has 10 heteroatoms. The van der Waals surface area contributed by atoms with Crippen LogP contribution in [0.3, 0.4) is 0 Å². The van der Waals surface area contributed by atoms with Crippen LogP contribution >= 0.6 is 0 Å². The molecule has 0 bridgehead atoms. The SMILES string of the molecule is COC(=O)c1cc(F)ccc1OC1CCN(C(=O)[C@@H](NNC(=O)OCc2ccccc2)C(C)C)CC1. The van der Waals surface area contributed by atoms with Crippen molar-refractivity contribution in [3.8, 4) is 5.75 Å². The van der Waals surface area contributed by atoms with Crippen molar-refractivity contribution in [1.29, 1.82) is 0 Å². The van der Waals surface area contributed by atoms with Crippen molar-refractivity contribution >= 4 is 18.0 Å². The molecule has 2 aromatic rings. The summed E-state index contributed by atoms with van der Waals surface area (Å²) in [6.07, 6.45) is 0.131. The lowest BCUT2D eigenvalue weighted by Gasteiger charge is -2.35. The third-order valence-corrected chi connectivity index (χ3v) is 5.87. The Labute approximate surface area is 209 Å². The predicted octanol–water partition coefficient (Wildman–Crippen LogP) is 3.44. The number of methoxy groups -OCH3 is 1. The number of esters is 1. The topological polar surface area (TPSA) is 106 Å². The number of hydrogen-bond donors (Lipinski definition) is 2. The lowest BCUT2D eigenvalue weighted by molar-refractivity contribution is -0.136. The highest BCUT2D eigenvalue weighted by molar-refractivity contribution is 5.92. The zero-order chi connectivity index (χ0) is 26.1. The first kappa shape index (κ1) is 26.9. The van der Waals surface area contributed by atoms with Gasteiger partial charge in [0.05, 0.1) is 7.11 Å². The predicted molar refractivity (Wildman–Crippen MR) is 129 cm³/mol. The minimum absolute atomic E-state index is 0.0188. The van der Waals surface area contributed by atoms with Crippen molar-refractivity contribution in [2.45, 2.75) is 45.4 Å². The van der Waals surface area contributed by atoms with Crippen LogP contribution in [0.15, 0.2) is 48.5 Å². The van der Waals surface area contributed by atoms with Gasteiger partial charge in [-0.2, -0.15) is 0 Å². The monoisotopic (exact) mass is 501 g/mol. The van der Waals surface area contributed by atoms with Crippen molar-refractivity contribution < 1.29 is 33.0 Å². The van der Waals surface area contributed by atoms with E-state index in [0.29, 0.717) is 25.9 Å². The van der Waals surface area contributed by atoms with Crippen molar-refractivity contribution in [1.82, 2.24) is 15.8 Å². The number of halogens is 1. The minimum atomic E-state index is -0.683. The normalized spacial score (nSPS) is 14.8. The number of nitrogens with zero attached hydrogens (tertiary/aromatic N) is 1. The zero-order valence-electron chi connectivity index (χ0n) is 20.7. The summed E-state index contributed by atoms with van der Waals surface area (Å²) < 4.78 is 29.4. The highest BCUT2D eigenvalue weighted by atomic mass is 19.1. The number of ether oxygens (including phenoxy) is 3. The Hall–Kier alpha value is -3.66. The summed E-state index contributed by atoms with van der Waals surface area (Å²) in [4.78, 5) is 38.9.